The van der Waals surface area contributed by atoms with Gasteiger partial charge in [0.05, 0.1) is 5.69 Å². The van der Waals surface area contributed by atoms with Gasteiger partial charge in [-0.2, -0.15) is 0 Å². The summed E-state index contributed by atoms with van der Waals surface area (Å²) in [5.74, 6) is -0.221. The molecule has 0 aliphatic rings. The van der Waals surface area contributed by atoms with Gasteiger partial charge in [-0.05, 0) is 29.8 Å². The number of fused-ring (bicyclic) bond motifs is 1. The Morgan fingerprint density at radius 2 is 1.80 bits per heavy atom. The van der Waals surface area contributed by atoms with Crippen molar-refractivity contribution in [3.63, 3.8) is 0 Å². The third-order valence-electron chi connectivity index (χ3n) is 3.43. The topological polar surface area (TPSA) is 22.0 Å². The first-order chi connectivity index (χ1) is 9.65. The Labute approximate surface area is 116 Å². The number of hydrogen-bond acceptors (Lipinski definition) is 1. The molecule has 0 unspecified atom stereocenters. The summed E-state index contributed by atoms with van der Waals surface area (Å²) in [5.41, 5.74) is 2.66. The molecule has 1 heterocycles. The molecule has 0 spiro atoms. The highest BCUT2D eigenvalue weighted by atomic mass is 19.1. The van der Waals surface area contributed by atoms with E-state index in [-0.39, 0.29) is 11.6 Å². The number of benzene rings is 2. The van der Waals surface area contributed by atoms with Crippen molar-refractivity contribution in [2.45, 2.75) is 13.5 Å². The highest BCUT2D eigenvalue weighted by molar-refractivity contribution is 5.98. The fourth-order valence-electron chi connectivity index (χ4n) is 2.44. The molecule has 0 N–H and O–H groups in total. The maximum atomic E-state index is 13.0. The van der Waals surface area contributed by atoms with E-state index in [1.165, 1.54) is 12.1 Å². The minimum Gasteiger partial charge on any atom is -0.334 e. The van der Waals surface area contributed by atoms with E-state index in [4.69, 9.17) is 0 Å². The number of carbonyl (C=O) groups excluding carboxylic acids is 1. The van der Waals surface area contributed by atoms with E-state index in [2.05, 4.69) is 0 Å². The molecule has 0 aliphatic carbocycles. The van der Waals surface area contributed by atoms with E-state index in [9.17, 15) is 9.18 Å². The molecule has 0 atom stereocenters. The second-order valence-corrected chi connectivity index (χ2v) is 4.86. The normalized spacial score (nSPS) is 10.9. The predicted octanol–water partition coefficient (Wildman–Crippen LogP) is 4.03. The molecule has 0 radical (unpaired) electrons. The molecule has 3 aromatic rings. The summed E-state index contributed by atoms with van der Waals surface area (Å²) < 4.78 is 14.9. The van der Waals surface area contributed by atoms with E-state index >= 15 is 0 Å². The van der Waals surface area contributed by atoms with Crippen molar-refractivity contribution in [1.82, 2.24) is 4.57 Å². The molecule has 1 aromatic heterocycles. The van der Waals surface area contributed by atoms with Crippen LogP contribution in [0.1, 0.15) is 23.0 Å². The number of ketones is 1. The lowest BCUT2D eigenvalue weighted by atomic mass is 10.2. The summed E-state index contributed by atoms with van der Waals surface area (Å²) >= 11 is 0. The van der Waals surface area contributed by atoms with Crippen molar-refractivity contribution in [3.05, 3.63) is 71.7 Å². The van der Waals surface area contributed by atoms with Crippen molar-refractivity contribution in [1.29, 1.82) is 0 Å². The molecular formula is C17H14FNO. The molecule has 2 nitrogen and oxygen atoms in total. The molecule has 0 aliphatic heterocycles. The van der Waals surface area contributed by atoms with Gasteiger partial charge in [0.1, 0.15) is 5.82 Å². The number of hydrogen-bond donors (Lipinski definition) is 0. The summed E-state index contributed by atoms with van der Waals surface area (Å²) in [5, 5.41) is 1.04. The standard InChI is InChI=1S/C17H14FNO/c1-12(20)17-10-14-4-2-3-5-16(14)19(17)11-13-6-8-15(18)9-7-13/h2-10H,11H2,1H3. The second-order valence-electron chi connectivity index (χ2n) is 4.86. The second kappa shape index (κ2) is 4.93. The maximum Gasteiger partial charge on any atom is 0.176 e. The van der Waals surface area contributed by atoms with Gasteiger partial charge in [-0.15, -0.1) is 0 Å². The predicted molar refractivity (Wildman–Crippen MR) is 77.4 cm³/mol. The van der Waals surface area contributed by atoms with E-state index in [0.29, 0.717) is 12.2 Å². The summed E-state index contributed by atoms with van der Waals surface area (Å²) in [6.45, 7) is 2.12. The summed E-state index contributed by atoms with van der Waals surface area (Å²) in [4.78, 5) is 11.8. The van der Waals surface area contributed by atoms with E-state index in [1.54, 1.807) is 19.1 Å². The van der Waals surface area contributed by atoms with Crippen molar-refractivity contribution in [2.24, 2.45) is 0 Å². The minimum absolute atomic E-state index is 0.0308. The SMILES string of the molecule is CC(=O)c1cc2ccccc2n1Cc1ccc(F)cc1. The molecule has 0 bridgehead atoms. The number of Topliss-reactive ketones (excluding diaryl/α,β-unsaturated/α-hetero) is 1. The lowest BCUT2D eigenvalue weighted by Crippen LogP contribution is -2.07. The highest BCUT2D eigenvalue weighted by Gasteiger charge is 2.12. The molecule has 0 fully saturated rings. The molecule has 20 heavy (non-hydrogen) atoms. The first kappa shape index (κ1) is 12.6. The maximum absolute atomic E-state index is 13.0. The van der Waals surface area contributed by atoms with Crippen molar-refractivity contribution >= 4 is 16.7 Å². The van der Waals surface area contributed by atoms with Crippen LogP contribution in [0.15, 0.2) is 54.6 Å². The first-order valence-electron chi connectivity index (χ1n) is 6.49. The number of para-hydroxylation sites is 1. The summed E-state index contributed by atoms with van der Waals surface area (Å²) in [6, 6.07) is 16.2. The molecule has 3 heteroatoms. The van der Waals surface area contributed by atoms with Gasteiger partial charge in [0.2, 0.25) is 0 Å². The molecule has 0 saturated heterocycles. The molecule has 2 aromatic carbocycles. The number of rotatable bonds is 3. The number of carbonyl (C=O) groups is 1. The monoisotopic (exact) mass is 267 g/mol. The quantitative estimate of drug-likeness (QED) is 0.657. The fraction of sp³-hybridized carbons (Fsp3) is 0.118. The van der Waals surface area contributed by atoms with Crippen molar-refractivity contribution in [3.8, 4) is 0 Å². The van der Waals surface area contributed by atoms with Crippen LogP contribution in [0.5, 0.6) is 0 Å². The molecule has 3 rings (SSSR count). The zero-order chi connectivity index (χ0) is 14.1. The molecule has 0 saturated carbocycles. The zero-order valence-electron chi connectivity index (χ0n) is 11.1. The van der Waals surface area contributed by atoms with Crippen LogP contribution in [-0.2, 0) is 6.54 Å². The van der Waals surface area contributed by atoms with Crippen LogP contribution in [0.4, 0.5) is 4.39 Å². The lowest BCUT2D eigenvalue weighted by molar-refractivity contribution is 0.101. The van der Waals surface area contributed by atoms with Gasteiger partial charge in [-0.1, -0.05) is 30.3 Å². The Morgan fingerprint density at radius 3 is 2.50 bits per heavy atom. The zero-order valence-corrected chi connectivity index (χ0v) is 11.1. The number of halogens is 1. The van der Waals surface area contributed by atoms with Crippen LogP contribution in [0.25, 0.3) is 10.9 Å². The van der Waals surface area contributed by atoms with Gasteiger partial charge >= 0.3 is 0 Å². The van der Waals surface area contributed by atoms with E-state index in [1.807, 2.05) is 34.9 Å². The number of nitrogens with zero attached hydrogens (tertiary/aromatic N) is 1. The minimum atomic E-state index is -0.252. The Hall–Kier alpha value is -2.42. The first-order valence-corrected chi connectivity index (χ1v) is 6.49. The Bertz CT molecular complexity index is 771. The van der Waals surface area contributed by atoms with Crippen LogP contribution >= 0.6 is 0 Å². The number of aromatic nitrogens is 1. The Morgan fingerprint density at radius 1 is 1.10 bits per heavy atom. The van der Waals surface area contributed by atoms with Crippen LogP contribution < -0.4 is 0 Å². The van der Waals surface area contributed by atoms with Gasteiger partial charge in [-0.25, -0.2) is 4.39 Å². The highest BCUT2D eigenvalue weighted by Crippen LogP contribution is 2.21. The van der Waals surface area contributed by atoms with Crippen LogP contribution in [0.3, 0.4) is 0 Å². The average molecular weight is 267 g/mol. The molecular weight excluding hydrogens is 253 g/mol. The van der Waals surface area contributed by atoms with E-state index in [0.717, 1.165) is 16.5 Å². The average Bonchev–Trinajstić information content (AvgIpc) is 2.81. The smallest absolute Gasteiger partial charge is 0.176 e. The van der Waals surface area contributed by atoms with Gasteiger partial charge in [0.15, 0.2) is 5.78 Å². The molecule has 0 amide bonds. The van der Waals surface area contributed by atoms with Gasteiger partial charge < -0.3 is 4.57 Å². The van der Waals surface area contributed by atoms with Gasteiger partial charge in [0.25, 0.3) is 0 Å². The van der Waals surface area contributed by atoms with Gasteiger partial charge in [-0.3, -0.25) is 4.79 Å². The van der Waals surface area contributed by atoms with Crippen molar-refractivity contribution < 1.29 is 9.18 Å². The van der Waals surface area contributed by atoms with Gasteiger partial charge in [0, 0.05) is 24.4 Å². The summed E-state index contributed by atoms with van der Waals surface area (Å²) in [7, 11) is 0. The Kier molecular flexibility index (Phi) is 3.11. The van der Waals surface area contributed by atoms with Crippen molar-refractivity contribution in [2.75, 3.05) is 0 Å². The lowest BCUT2D eigenvalue weighted by Gasteiger charge is -2.09. The van der Waals surface area contributed by atoms with Crippen LogP contribution in [0.2, 0.25) is 0 Å². The largest absolute Gasteiger partial charge is 0.334 e. The van der Waals surface area contributed by atoms with E-state index < -0.39 is 0 Å². The van der Waals surface area contributed by atoms with Crippen LogP contribution in [0, 0.1) is 5.82 Å². The fourth-order valence-corrected chi connectivity index (χ4v) is 2.44. The molecule has 100 valence electrons. The third-order valence-corrected chi connectivity index (χ3v) is 3.43. The third kappa shape index (κ3) is 2.23. The van der Waals surface area contributed by atoms with Crippen LogP contribution in [-0.4, -0.2) is 10.4 Å². The Balaban J connectivity index is 2.11. The summed E-state index contributed by atoms with van der Waals surface area (Å²) in [6.07, 6.45) is 0.